The fourth-order valence-electron chi connectivity index (χ4n) is 3.26. The maximum Gasteiger partial charge on any atom is 0.305 e. The second-order valence-electron chi connectivity index (χ2n) is 8.09. The van der Waals surface area contributed by atoms with Gasteiger partial charge < -0.3 is 19.6 Å². The summed E-state index contributed by atoms with van der Waals surface area (Å²) in [6.07, 6.45) is 24.2. The second kappa shape index (κ2) is 36.8. The molecule has 0 N–H and O–H groups in total. The van der Waals surface area contributed by atoms with Crippen LogP contribution in [-0.4, -0.2) is 18.3 Å². The average molecular weight is 731 g/mol. The Bertz CT molecular complexity index is 352. The Morgan fingerprint density at radius 1 is 0.562 bits per heavy atom. The molecule has 0 saturated carbocycles. The zero-order valence-corrected chi connectivity index (χ0v) is 29.6. The van der Waals surface area contributed by atoms with E-state index in [0.29, 0.717) is 12.8 Å². The van der Waals surface area contributed by atoms with Crippen molar-refractivity contribution in [3.63, 3.8) is 0 Å². The van der Waals surface area contributed by atoms with Crippen molar-refractivity contribution in [2.75, 3.05) is 7.11 Å². The van der Waals surface area contributed by atoms with Crippen LogP contribution in [0.5, 0.6) is 0 Å². The molecule has 0 unspecified atom stereocenters. The second-order valence-corrected chi connectivity index (χ2v) is 8.51. The fourth-order valence-corrected chi connectivity index (χ4v) is 3.39. The molecular weight excluding hydrogens is 676 g/mol. The number of rotatable bonds is 20. The minimum absolute atomic E-state index is 0. The zero-order valence-electron chi connectivity index (χ0n) is 22.5. The average Bonchev–Trinajstić information content (AvgIpc) is 2.71. The predicted molar refractivity (Wildman–Crippen MR) is 139 cm³/mol. The number of esters is 1. The normalized spacial score (nSPS) is 9.38. The van der Waals surface area contributed by atoms with Crippen LogP contribution in [0.25, 0.3) is 0 Å². The molecule has 0 aromatic carbocycles. The largest absolute Gasteiger partial charge is 0.469 e. The molecule has 5 heteroatoms. The molecule has 192 valence electrons. The van der Waals surface area contributed by atoms with Crippen molar-refractivity contribution in [1.29, 1.82) is 0 Å². The molecule has 0 bridgehead atoms. The molecule has 0 amide bonds. The fraction of sp³-hybridized carbons (Fsp3) is 0.852. The van der Waals surface area contributed by atoms with Crippen molar-refractivity contribution in [3.05, 3.63) is 14.9 Å². The van der Waals surface area contributed by atoms with Crippen molar-refractivity contribution in [1.82, 2.24) is 0 Å². The summed E-state index contributed by atoms with van der Waals surface area (Å²) >= 11 is 5.24. The van der Waals surface area contributed by atoms with Crippen LogP contribution in [0, 0.1) is 14.9 Å². The van der Waals surface area contributed by atoms with Crippen LogP contribution in [0.3, 0.4) is 0 Å². The Morgan fingerprint density at radius 3 is 1.12 bits per heavy atom. The van der Waals surface area contributed by atoms with Gasteiger partial charge in [-0.2, -0.15) is 0 Å². The van der Waals surface area contributed by atoms with Gasteiger partial charge in [-0.05, 0) is 24.4 Å². The van der Waals surface area contributed by atoms with Gasteiger partial charge in [0.2, 0.25) is 5.24 Å². The minimum Gasteiger partial charge on any atom is -0.469 e. The molecule has 3 nitrogen and oxygen atoms in total. The summed E-state index contributed by atoms with van der Waals surface area (Å²) in [5.74, 6) is -0.0713. The topological polar surface area (TPSA) is 43.4 Å². The van der Waals surface area contributed by atoms with Gasteiger partial charge in [0.15, 0.2) is 0 Å². The van der Waals surface area contributed by atoms with Crippen LogP contribution in [0.15, 0.2) is 0 Å². The van der Waals surface area contributed by atoms with Gasteiger partial charge >= 0.3 is 5.97 Å². The van der Waals surface area contributed by atoms with Crippen molar-refractivity contribution in [3.8, 4) is 0 Å². The molecule has 0 saturated heterocycles. The van der Waals surface area contributed by atoms with E-state index in [1.807, 2.05) is 0 Å². The number of carbonyl (C=O) groups is 2. The molecule has 0 aliphatic rings. The Hall–Kier alpha value is -1.57. The summed E-state index contributed by atoms with van der Waals surface area (Å²) in [5.41, 5.74) is 0. The smallest absolute Gasteiger partial charge is 0.305 e. The van der Waals surface area contributed by atoms with Crippen LogP contribution in [-0.2, 0) is 14.3 Å². The van der Waals surface area contributed by atoms with E-state index in [1.165, 1.54) is 103 Å². The van der Waals surface area contributed by atoms with Crippen LogP contribution < -0.4 is 0 Å². The molecule has 0 aromatic heterocycles. The van der Waals surface area contributed by atoms with Crippen LogP contribution in [0.4, 0.5) is 0 Å². The van der Waals surface area contributed by atoms with Gasteiger partial charge in [0.05, 0.1) is 7.11 Å². The Kier molecular flexibility index (Phi) is 46.8. The third-order valence-electron chi connectivity index (χ3n) is 5.19. The molecule has 0 radical (unpaired) electrons. The first-order valence-corrected chi connectivity index (χ1v) is 12.7. The van der Waals surface area contributed by atoms with Crippen molar-refractivity contribution >= 4 is 22.8 Å². The number of halogens is 1. The quantitative estimate of drug-likeness (QED) is 0.0543. The summed E-state index contributed by atoms with van der Waals surface area (Å²) in [7, 11) is 1.45. The number of unbranched alkanes of at least 4 members (excludes halogenated alkanes) is 16. The van der Waals surface area contributed by atoms with Crippen molar-refractivity contribution < 1.29 is 14.3 Å². The number of hydrogen-bond donors (Lipinski definition) is 0. The standard InChI is InChI=1S/C13H26O2.C12H23ClO.2CH3.Db/c1-3-4-5-6-7-8-9-10-11-12-13(14)15-2;1-2-3-4-5-6-7-8-9-10-11-12(13)14;;;/h3-12H2,1-2H3;2-11H2,1H3;2*1H3;/q;;2*-1;. The molecule has 0 rings (SSSR count). The van der Waals surface area contributed by atoms with Gasteiger partial charge in [0.1, 0.15) is 0 Å². The van der Waals surface area contributed by atoms with E-state index in [4.69, 9.17) is 11.6 Å². The first-order chi connectivity index (χ1) is 14.1. The van der Waals surface area contributed by atoms with Crippen LogP contribution >= 0.6 is 11.6 Å². The van der Waals surface area contributed by atoms with E-state index in [1.54, 1.807) is 0 Å². The zero-order chi connectivity index (χ0) is 22.0. The van der Waals surface area contributed by atoms with E-state index in [0.717, 1.165) is 19.3 Å². The maximum atomic E-state index is 10.8. The van der Waals surface area contributed by atoms with Gasteiger partial charge in [0, 0.05) is 12.8 Å². The van der Waals surface area contributed by atoms with E-state index in [2.05, 4.69) is 18.6 Å². The Labute approximate surface area is 201 Å². The predicted octanol–water partition coefficient (Wildman–Crippen LogP) is 9.65. The summed E-state index contributed by atoms with van der Waals surface area (Å²) < 4.78 is 4.58. The molecule has 0 aromatic rings. The molecule has 0 aliphatic carbocycles. The summed E-state index contributed by atoms with van der Waals surface area (Å²) in [6.45, 7) is 4.48. The number of ether oxygens (including phenoxy) is 1. The van der Waals surface area contributed by atoms with Gasteiger partial charge in [-0.3, -0.25) is 9.59 Å². The van der Waals surface area contributed by atoms with Crippen LogP contribution in [0.1, 0.15) is 142 Å². The monoisotopic (exact) mass is 731 g/mol. The molecule has 0 fully saturated rings. The van der Waals surface area contributed by atoms with Gasteiger partial charge in [-0.25, -0.2) is 0 Å². The first-order valence-electron chi connectivity index (χ1n) is 12.3. The number of carbonyl (C=O) groups excluding carboxylic acids is 2. The Morgan fingerprint density at radius 2 is 0.844 bits per heavy atom. The van der Waals surface area contributed by atoms with E-state index < -0.39 is 0 Å². The van der Waals surface area contributed by atoms with Gasteiger partial charge in [-0.1, -0.05) is 117 Å². The SMILES string of the molecule is CCCCCCCCCCCC(=O)Cl.CCCCCCCCCCCC(=O)OC.[CH3-].[CH3-].[Db]. The van der Waals surface area contributed by atoms with Crippen molar-refractivity contribution in [2.45, 2.75) is 142 Å². The third kappa shape index (κ3) is 42.5. The molecule has 0 atom stereocenters. The first kappa shape index (κ1) is 40.8. The third-order valence-corrected chi connectivity index (χ3v) is 5.38. The Balaban J connectivity index is -0.000000139. The molecule has 0 spiro atoms. The summed E-state index contributed by atoms with van der Waals surface area (Å²) in [6, 6.07) is 0. The van der Waals surface area contributed by atoms with E-state index in [-0.39, 0.29) is 26.1 Å². The maximum absolute atomic E-state index is 10.8. The molecule has 0 heterocycles. The number of methoxy groups -OCH3 is 1. The van der Waals surface area contributed by atoms with Gasteiger partial charge in [-0.15, -0.1) is 0 Å². The minimum atomic E-state index is -0.187. The number of hydrogen-bond acceptors (Lipinski definition) is 3. The van der Waals surface area contributed by atoms with Gasteiger partial charge in [0.25, 0.3) is 0 Å². The van der Waals surface area contributed by atoms with E-state index in [9.17, 15) is 9.59 Å². The van der Waals surface area contributed by atoms with E-state index >= 15 is 0 Å². The van der Waals surface area contributed by atoms with Crippen molar-refractivity contribution in [2.24, 2.45) is 0 Å². The summed E-state index contributed by atoms with van der Waals surface area (Å²) in [4.78, 5) is 21.2. The molecule has 32 heavy (non-hydrogen) atoms. The summed E-state index contributed by atoms with van der Waals surface area (Å²) in [5, 5.41) is -0.187. The molecule has 0 aliphatic heterocycles. The van der Waals surface area contributed by atoms with Crippen LogP contribution in [0.2, 0.25) is 0 Å². The molecular formula is C27H55ClDbO3-2.